The highest BCUT2D eigenvalue weighted by Crippen LogP contribution is 2.36. The van der Waals surface area contributed by atoms with Gasteiger partial charge in [-0.1, -0.05) is 0 Å². The van der Waals surface area contributed by atoms with Gasteiger partial charge in [-0.05, 0) is 31.6 Å². The van der Waals surface area contributed by atoms with Gasteiger partial charge in [0, 0.05) is 57.6 Å². The van der Waals surface area contributed by atoms with Crippen molar-refractivity contribution < 1.29 is 9.53 Å². The molecule has 6 heteroatoms. The van der Waals surface area contributed by atoms with Crippen molar-refractivity contribution in [3.05, 3.63) is 18.2 Å². The van der Waals surface area contributed by atoms with Crippen molar-refractivity contribution in [2.24, 2.45) is 18.4 Å². The van der Waals surface area contributed by atoms with E-state index in [1.54, 1.807) is 6.20 Å². The molecule has 2 saturated heterocycles. The maximum absolute atomic E-state index is 12.9. The fraction of sp³-hybridized carbons (Fsp3) is 0.778. The molecule has 2 aliphatic heterocycles. The number of likely N-dealkylation sites (tertiary alicyclic amines) is 1. The molecule has 0 bridgehead atoms. The largest absolute Gasteiger partial charge is 0.379 e. The molecule has 3 fully saturated rings. The Kier molecular flexibility index (Phi) is 4.35. The lowest BCUT2D eigenvalue weighted by Crippen LogP contribution is -2.52. The molecule has 1 aromatic rings. The lowest BCUT2D eigenvalue weighted by Gasteiger charge is -2.43. The maximum Gasteiger partial charge on any atom is 0.289 e. The summed E-state index contributed by atoms with van der Waals surface area (Å²) in [5.74, 6) is 1.49. The Morgan fingerprint density at radius 2 is 2.25 bits per heavy atom. The third kappa shape index (κ3) is 3.35. The molecule has 1 unspecified atom stereocenters. The quantitative estimate of drug-likeness (QED) is 0.839. The molecule has 1 amide bonds. The van der Waals surface area contributed by atoms with Crippen LogP contribution < -0.4 is 0 Å². The van der Waals surface area contributed by atoms with Crippen molar-refractivity contribution in [1.29, 1.82) is 0 Å². The van der Waals surface area contributed by atoms with Crippen LogP contribution in [0.2, 0.25) is 0 Å². The highest BCUT2D eigenvalue weighted by Gasteiger charge is 2.41. The lowest BCUT2D eigenvalue weighted by atomic mass is 9.80. The number of carbonyl (C=O) groups is 1. The van der Waals surface area contributed by atoms with Gasteiger partial charge in [-0.15, -0.1) is 0 Å². The molecule has 1 aromatic heterocycles. The van der Waals surface area contributed by atoms with Crippen molar-refractivity contribution in [3.8, 4) is 0 Å². The van der Waals surface area contributed by atoms with E-state index >= 15 is 0 Å². The molecule has 6 nitrogen and oxygen atoms in total. The van der Waals surface area contributed by atoms with Crippen molar-refractivity contribution in [1.82, 2.24) is 19.4 Å². The van der Waals surface area contributed by atoms with E-state index < -0.39 is 0 Å². The first kappa shape index (κ1) is 16.1. The zero-order chi connectivity index (χ0) is 16.6. The molecule has 1 spiro atoms. The highest BCUT2D eigenvalue weighted by molar-refractivity contribution is 5.90. The first-order valence-corrected chi connectivity index (χ1v) is 9.22. The molecule has 4 rings (SSSR count). The Morgan fingerprint density at radius 3 is 3.00 bits per heavy atom. The molecular formula is C18H28N4O2. The number of nitrogens with zero attached hydrogens (tertiary/aromatic N) is 4. The molecular weight excluding hydrogens is 304 g/mol. The first-order chi connectivity index (χ1) is 11.7. The smallest absolute Gasteiger partial charge is 0.289 e. The summed E-state index contributed by atoms with van der Waals surface area (Å²) in [6.07, 6.45) is 8.50. The normalized spacial score (nSPS) is 29.0. The van der Waals surface area contributed by atoms with Crippen LogP contribution in [0.3, 0.4) is 0 Å². The van der Waals surface area contributed by atoms with E-state index in [-0.39, 0.29) is 11.3 Å². The molecule has 3 heterocycles. The summed E-state index contributed by atoms with van der Waals surface area (Å²) in [5.41, 5.74) is 0.0878. The summed E-state index contributed by atoms with van der Waals surface area (Å²) in [7, 11) is 1.88. The number of ether oxygens (including phenoxy) is 1. The standard InChI is InChI=1S/C18H28N4O2/c1-20-8-6-19-16(20)17(23)22-7-2-5-18(13-22)12-21(9-10-24-14-18)11-15-3-4-15/h6,8,15H,2-5,7,9-14H2,1H3. The summed E-state index contributed by atoms with van der Waals surface area (Å²) < 4.78 is 7.77. The monoisotopic (exact) mass is 332 g/mol. The molecule has 0 aromatic carbocycles. The fourth-order valence-electron chi connectivity index (χ4n) is 4.24. The van der Waals surface area contributed by atoms with E-state index in [1.807, 2.05) is 22.7 Å². The first-order valence-electron chi connectivity index (χ1n) is 9.22. The molecule has 24 heavy (non-hydrogen) atoms. The Balaban J connectivity index is 1.47. The van der Waals surface area contributed by atoms with Crippen LogP contribution >= 0.6 is 0 Å². The molecule has 1 atom stereocenters. The van der Waals surface area contributed by atoms with Gasteiger partial charge >= 0.3 is 0 Å². The van der Waals surface area contributed by atoms with Crippen LogP contribution in [0.1, 0.15) is 36.3 Å². The Hall–Kier alpha value is -1.40. The second-order valence-corrected chi connectivity index (χ2v) is 7.92. The Labute approximate surface area is 143 Å². The van der Waals surface area contributed by atoms with E-state index in [2.05, 4.69) is 9.88 Å². The number of aromatic nitrogens is 2. The summed E-state index contributed by atoms with van der Waals surface area (Å²) in [6.45, 7) is 6.52. The van der Waals surface area contributed by atoms with Gasteiger partial charge in [0.1, 0.15) is 0 Å². The van der Waals surface area contributed by atoms with E-state index in [4.69, 9.17) is 4.74 Å². The van der Waals surface area contributed by atoms with Crippen LogP contribution in [0.4, 0.5) is 0 Å². The van der Waals surface area contributed by atoms with Gasteiger partial charge in [-0.25, -0.2) is 4.98 Å². The summed E-state index contributed by atoms with van der Waals surface area (Å²) >= 11 is 0. The average Bonchev–Trinajstić information content (AvgIpc) is 3.32. The van der Waals surface area contributed by atoms with Crippen molar-refractivity contribution in [2.75, 3.05) is 45.9 Å². The predicted octanol–water partition coefficient (Wildman–Crippen LogP) is 1.38. The summed E-state index contributed by atoms with van der Waals surface area (Å²) in [4.78, 5) is 21.7. The second-order valence-electron chi connectivity index (χ2n) is 7.92. The third-order valence-corrected chi connectivity index (χ3v) is 5.69. The molecule has 0 N–H and O–H groups in total. The van der Waals surface area contributed by atoms with Gasteiger partial charge in [-0.3, -0.25) is 4.79 Å². The van der Waals surface area contributed by atoms with Gasteiger partial charge in [-0.2, -0.15) is 0 Å². The van der Waals surface area contributed by atoms with Crippen LogP contribution in [0.5, 0.6) is 0 Å². The van der Waals surface area contributed by atoms with Crippen LogP contribution in [0.15, 0.2) is 12.4 Å². The number of amides is 1. The number of rotatable bonds is 3. The molecule has 1 saturated carbocycles. The van der Waals surface area contributed by atoms with Crippen LogP contribution in [-0.2, 0) is 11.8 Å². The van der Waals surface area contributed by atoms with Crippen LogP contribution in [0, 0.1) is 11.3 Å². The number of imidazole rings is 1. The Bertz CT molecular complexity index is 598. The summed E-state index contributed by atoms with van der Waals surface area (Å²) in [6, 6.07) is 0. The Morgan fingerprint density at radius 1 is 1.38 bits per heavy atom. The number of aryl methyl sites for hydroxylation is 1. The minimum absolute atomic E-state index is 0.0552. The zero-order valence-electron chi connectivity index (χ0n) is 14.6. The van der Waals surface area contributed by atoms with E-state index in [0.29, 0.717) is 5.82 Å². The van der Waals surface area contributed by atoms with Gasteiger partial charge in [0.15, 0.2) is 5.82 Å². The predicted molar refractivity (Wildman–Crippen MR) is 90.8 cm³/mol. The zero-order valence-corrected chi connectivity index (χ0v) is 14.6. The average molecular weight is 332 g/mol. The highest BCUT2D eigenvalue weighted by atomic mass is 16.5. The number of hydrogen-bond donors (Lipinski definition) is 0. The van der Waals surface area contributed by atoms with Crippen LogP contribution in [-0.4, -0.2) is 71.2 Å². The topological polar surface area (TPSA) is 50.6 Å². The van der Waals surface area contributed by atoms with E-state index in [1.165, 1.54) is 19.4 Å². The third-order valence-electron chi connectivity index (χ3n) is 5.69. The summed E-state index contributed by atoms with van der Waals surface area (Å²) in [5, 5.41) is 0. The molecule has 3 aliphatic rings. The minimum atomic E-state index is 0.0552. The van der Waals surface area contributed by atoms with Gasteiger partial charge in [0.05, 0.1) is 13.2 Å². The number of hydrogen-bond acceptors (Lipinski definition) is 4. The number of carbonyl (C=O) groups excluding carboxylic acids is 1. The number of piperidine rings is 1. The van der Waals surface area contributed by atoms with Crippen molar-refractivity contribution >= 4 is 5.91 Å². The van der Waals surface area contributed by atoms with Gasteiger partial charge in [0.2, 0.25) is 0 Å². The van der Waals surface area contributed by atoms with E-state index in [9.17, 15) is 4.79 Å². The van der Waals surface area contributed by atoms with Crippen molar-refractivity contribution in [2.45, 2.75) is 25.7 Å². The van der Waals surface area contributed by atoms with E-state index in [0.717, 1.165) is 58.2 Å². The van der Waals surface area contributed by atoms with Gasteiger partial charge < -0.3 is 19.1 Å². The van der Waals surface area contributed by atoms with Crippen molar-refractivity contribution in [3.63, 3.8) is 0 Å². The second kappa shape index (κ2) is 6.48. The van der Waals surface area contributed by atoms with Crippen LogP contribution in [0.25, 0.3) is 0 Å². The molecule has 0 radical (unpaired) electrons. The SMILES string of the molecule is Cn1ccnc1C(=O)N1CCCC2(COCCN(CC3CC3)C2)C1. The van der Waals surface area contributed by atoms with Gasteiger partial charge in [0.25, 0.3) is 5.91 Å². The molecule has 1 aliphatic carbocycles. The fourth-order valence-corrected chi connectivity index (χ4v) is 4.24. The molecule has 132 valence electrons. The lowest BCUT2D eigenvalue weighted by molar-refractivity contribution is 0.00655. The maximum atomic E-state index is 12.9. The minimum Gasteiger partial charge on any atom is -0.379 e.